The minimum absolute atomic E-state index is 0.307. The van der Waals surface area contributed by atoms with E-state index in [0.717, 1.165) is 38.2 Å². The smallest absolute Gasteiger partial charge is 0.141 e. The largest absolute Gasteiger partial charge is 0.486 e. The van der Waals surface area contributed by atoms with Crippen molar-refractivity contribution >= 4 is 0 Å². The summed E-state index contributed by atoms with van der Waals surface area (Å²) in [4.78, 5) is 3.98. The van der Waals surface area contributed by atoms with Gasteiger partial charge in [-0.25, -0.2) is 4.39 Å². The van der Waals surface area contributed by atoms with Gasteiger partial charge in [-0.05, 0) is 54.3 Å². The van der Waals surface area contributed by atoms with Crippen molar-refractivity contribution in [2.45, 2.75) is 26.0 Å². The summed E-state index contributed by atoms with van der Waals surface area (Å²) in [6.07, 6.45) is 8.98. The molecule has 2 aliphatic rings. The normalized spacial score (nSPS) is 15.7. The van der Waals surface area contributed by atoms with E-state index in [-0.39, 0.29) is 5.82 Å². The van der Waals surface area contributed by atoms with Crippen LogP contribution in [0.4, 0.5) is 4.39 Å². The molecule has 0 atom stereocenters. The summed E-state index contributed by atoms with van der Waals surface area (Å²) >= 11 is 0. The van der Waals surface area contributed by atoms with Gasteiger partial charge in [-0.1, -0.05) is 18.2 Å². The molecule has 0 saturated heterocycles. The van der Waals surface area contributed by atoms with Gasteiger partial charge in [0.05, 0.1) is 18.1 Å². The van der Waals surface area contributed by atoms with Crippen LogP contribution in [0.15, 0.2) is 60.8 Å². The number of fused-ring (bicyclic) bond motifs is 1. The van der Waals surface area contributed by atoms with Crippen molar-refractivity contribution in [1.29, 1.82) is 0 Å². The molecule has 0 spiro atoms. The molecular formula is C21H23FN4O. The zero-order valence-corrected chi connectivity index (χ0v) is 15.1. The third-order valence-electron chi connectivity index (χ3n) is 4.77. The van der Waals surface area contributed by atoms with E-state index < -0.39 is 0 Å². The Morgan fingerprint density at radius 1 is 1.19 bits per heavy atom. The predicted octanol–water partition coefficient (Wildman–Crippen LogP) is 2.80. The second-order valence-corrected chi connectivity index (χ2v) is 6.72. The molecule has 140 valence electrons. The van der Waals surface area contributed by atoms with Crippen molar-refractivity contribution in [2.24, 2.45) is 0 Å². The summed E-state index contributed by atoms with van der Waals surface area (Å²) in [5.41, 5.74) is 8.14. The third-order valence-corrected chi connectivity index (χ3v) is 4.77. The van der Waals surface area contributed by atoms with Crippen LogP contribution in [0.1, 0.15) is 22.4 Å². The Bertz CT molecular complexity index is 848. The molecule has 0 radical (unpaired) electrons. The first-order chi connectivity index (χ1) is 13.3. The van der Waals surface area contributed by atoms with Crippen molar-refractivity contribution in [1.82, 2.24) is 20.7 Å². The Morgan fingerprint density at radius 2 is 2.15 bits per heavy atom. The van der Waals surface area contributed by atoms with Gasteiger partial charge in [0.1, 0.15) is 18.2 Å². The van der Waals surface area contributed by atoms with E-state index in [1.165, 1.54) is 29.0 Å². The standard InChI is InChI=1S/C21H23FN4O/c22-19-3-4-20(24-13-19)15-27-21-7-10-26(25-14-21)9-6-16-1-2-17-5-8-23-12-18(17)11-16/h1-4,7,10-11,13-14,23,25H,5-6,8-9,12,15H2. The molecule has 0 saturated carbocycles. The van der Waals surface area contributed by atoms with Gasteiger partial charge in [0.25, 0.3) is 0 Å². The van der Waals surface area contributed by atoms with Crippen LogP contribution in [0.2, 0.25) is 0 Å². The highest BCUT2D eigenvalue weighted by Gasteiger charge is 2.10. The molecule has 5 nitrogen and oxygen atoms in total. The molecule has 1 aromatic heterocycles. The maximum atomic E-state index is 12.9. The lowest BCUT2D eigenvalue weighted by Gasteiger charge is -2.24. The summed E-state index contributed by atoms with van der Waals surface area (Å²) in [5.74, 6) is 0.375. The number of benzene rings is 1. The molecular weight excluding hydrogens is 343 g/mol. The number of hydrazine groups is 1. The van der Waals surface area contributed by atoms with Gasteiger partial charge >= 0.3 is 0 Å². The lowest BCUT2D eigenvalue weighted by Crippen LogP contribution is -2.33. The summed E-state index contributed by atoms with van der Waals surface area (Å²) in [6.45, 7) is 3.22. The Balaban J connectivity index is 1.24. The second-order valence-electron chi connectivity index (χ2n) is 6.72. The Kier molecular flexibility index (Phi) is 5.34. The molecule has 0 unspecified atom stereocenters. The first kappa shape index (κ1) is 17.5. The first-order valence-corrected chi connectivity index (χ1v) is 9.22. The van der Waals surface area contributed by atoms with E-state index in [9.17, 15) is 4.39 Å². The molecule has 2 aromatic rings. The monoisotopic (exact) mass is 366 g/mol. The van der Waals surface area contributed by atoms with Gasteiger partial charge in [0, 0.05) is 19.3 Å². The number of hydrogen-bond donors (Lipinski definition) is 2. The summed E-state index contributed by atoms with van der Waals surface area (Å²) in [7, 11) is 0. The Morgan fingerprint density at radius 3 is 2.96 bits per heavy atom. The number of pyridine rings is 1. The van der Waals surface area contributed by atoms with Crippen molar-refractivity contribution in [3.8, 4) is 0 Å². The van der Waals surface area contributed by atoms with Gasteiger partial charge in [-0.15, -0.1) is 0 Å². The van der Waals surface area contributed by atoms with Crippen molar-refractivity contribution in [3.63, 3.8) is 0 Å². The lowest BCUT2D eigenvalue weighted by molar-refractivity contribution is 0.193. The van der Waals surface area contributed by atoms with E-state index in [4.69, 9.17) is 4.74 Å². The molecule has 2 aliphatic heterocycles. The lowest BCUT2D eigenvalue weighted by atomic mass is 9.97. The average molecular weight is 366 g/mol. The highest BCUT2D eigenvalue weighted by molar-refractivity contribution is 5.34. The van der Waals surface area contributed by atoms with E-state index >= 15 is 0 Å². The molecule has 2 N–H and O–H groups in total. The van der Waals surface area contributed by atoms with Gasteiger partial charge in [-0.2, -0.15) is 0 Å². The van der Waals surface area contributed by atoms with E-state index in [2.05, 4.69) is 33.9 Å². The summed E-state index contributed by atoms with van der Waals surface area (Å²) in [6, 6.07) is 9.82. The van der Waals surface area contributed by atoms with Crippen LogP contribution in [0.5, 0.6) is 0 Å². The Hall–Kier alpha value is -2.86. The fourth-order valence-electron chi connectivity index (χ4n) is 3.22. The van der Waals surface area contributed by atoms with E-state index in [1.807, 2.05) is 23.5 Å². The molecule has 6 heteroatoms. The number of allylic oxidation sites excluding steroid dienone is 1. The quantitative estimate of drug-likeness (QED) is 0.823. The zero-order valence-electron chi connectivity index (χ0n) is 15.1. The van der Waals surface area contributed by atoms with Gasteiger partial charge in [0.15, 0.2) is 0 Å². The van der Waals surface area contributed by atoms with Crippen LogP contribution >= 0.6 is 0 Å². The number of aromatic nitrogens is 1. The van der Waals surface area contributed by atoms with Crippen LogP contribution in [0, 0.1) is 5.82 Å². The highest BCUT2D eigenvalue weighted by atomic mass is 19.1. The van der Waals surface area contributed by atoms with Crippen LogP contribution in [0.3, 0.4) is 0 Å². The topological polar surface area (TPSA) is 49.4 Å². The SMILES string of the molecule is Fc1ccc(COC2=CNN(CCc3ccc4c(c3)CNCC4)C=C2)nc1. The molecule has 0 fully saturated rings. The third kappa shape index (κ3) is 4.65. The highest BCUT2D eigenvalue weighted by Crippen LogP contribution is 2.17. The number of hydrogen-bond acceptors (Lipinski definition) is 5. The number of ether oxygens (including phenoxy) is 1. The second kappa shape index (κ2) is 8.22. The molecule has 1 aromatic carbocycles. The number of halogens is 1. The van der Waals surface area contributed by atoms with Gasteiger partial charge in [-0.3, -0.25) is 9.99 Å². The maximum absolute atomic E-state index is 12.9. The molecule has 0 bridgehead atoms. The number of rotatable bonds is 6. The van der Waals surface area contributed by atoms with E-state index in [0.29, 0.717) is 12.3 Å². The summed E-state index contributed by atoms with van der Waals surface area (Å²) in [5, 5.41) is 5.45. The van der Waals surface area contributed by atoms with Crippen LogP contribution in [0.25, 0.3) is 0 Å². The van der Waals surface area contributed by atoms with Gasteiger partial charge < -0.3 is 15.5 Å². The minimum atomic E-state index is -0.344. The van der Waals surface area contributed by atoms with Crippen molar-refractivity contribution in [2.75, 3.05) is 13.1 Å². The fourth-order valence-corrected chi connectivity index (χ4v) is 3.22. The fraction of sp³-hybridized carbons (Fsp3) is 0.286. The first-order valence-electron chi connectivity index (χ1n) is 9.22. The van der Waals surface area contributed by atoms with Crippen LogP contribution < -0.4 is 10.7 Å². The molecule has 0 aliphatic carbocycles. The van der Waals surface area contributed by atoms with E-state index in [1.54, 1.807) is 6.07 Å². The number of nitrogens with zero attached hydrogens (tertiary/aromatic N) is 2. The summed E-state index contributed by atoms with van der Waals surface area (Å²) < 4.78 is 18.5. The van der Waals surface area contributed by atoms with Crippen LogP contribution in [-0.2, 0) is 30.7 Å². The van der Waals surface area contributed by atoms with Gasteiger partial charge in [0.2, 0.25) is 0 Å². The van der Waals surface area contributed by atoms with Crippen molar-refractivity contribution < 1.29 is 9.13 Å². The predicted molar refractivity (Wildman–Crippen MR) is 102 cm³/mol. The molecule has 0 amide bonds. The minimum Gasteiger partial charge on any atom is -0.486 e. The average Bonchev–Trinajstić information content (AvgIpc) is 2.72. The van der Waals surface area contributed by atoms with Crippen molar-refractivity contribution in [3.05, 3.63) is 89.0 Å². The molecule has 4 rings (SSSR count). The molecule has 3 heterocycles. The Labute approximate surface area is 158 Å². The number of nitrogens with one attached hydrogen (secondary N) is 2. The molecule has 27 heavy (non-hydrogen) atoms. The van der Waals surface area contributed by atoms with Crippen LogP contribution in [-0.4, -0.2) is 23.1 Å². The zero-order chi connectivity index (χ0) is 18.5. The maximum Gasteiger partial charge on any atom is 0.141 e.